The molecule has 3 aromatic rings. The Kier molecular flexibility index (Phi) is 5.22. The lowest BCUT2D eigenvalue weighted by Crippen LogP contribution is -2.40. The summed E-state index contributed by atoms with van der Waals surface area (Å²) in [6, 6.07) is 8.53. The predicted octanol–water partition coefficient (Wildman–Crippen LogP) is 1.81. The first-order valence-electron chi connectivity index (χ1n) is 8.48. The number of thiophene rings is 1. The number of carbonyl (C=O) groups excluding carboxylic acids is 1. The molecule has 0 radical (unpaired) electrons. The number of carbonyl (C=O) groups is 1. The molecule has 11 heteroatoms. The van der Waals surface area contributed by atoms with Gasteiger partial charge in [-0.05, 0) is 18.2 Å². The Morgan fingerprint density at radius 3 is 2.82 bits per heavy atom. The molecule has 1 aliphatic rings. The van der Waals surface area contributed by atoms with Crippen molar-refractivity contribution in [3.05, 3.63) is 47.5 Å². The average Bonchev–Trinajstić information content (AvgIpc) is 3.40. The average molecular weight is 419 g/mol. The summed E-state index contributed by atoms with van der Waals surface area (Å²) in [6.07, 6.45) is 1.66. The van der Waals surface area contributed by atoms with Gasteiger partial charge in [-0.15, -0.1) is 11.3 Å². The van der Waals surface area contributed by atoms with E-state index in [0.717, 1.165) is 11.3 Å². The topological polar surface area (TPSA) is 117 Å². The van der Waals surface area contributed by atoms with Gasteiger partial charge in [0, 0.05) is 30.7 Å². The minimum Gasteiger partial charge on any atom is -0.379 e. The molecule has 1 saturated heterocycles. The molecule has 0 saturated carbocycles. The summed E-state index contributed by atoms with van der Waals surface area (Å²) in [5.74, 6) is -0.104. The summed E-state index contributed by atoms with van der Waals surface area (Å²) in [5.41, 5.74) is 1.63. The van der Waals surface area contributed by atoms with E-state index in [1.807, 2.05) is 18.2 Å². The molecule has 0 bridgehead atoms. The maximum atomic E-state index is 12.7. The second-order valence-electron chi connectivity index (χ2n) is 6.01. The first kappa shape index (κ1) is 18.7. The van der Waals surface area contributed by atoms with E-state index in [1.54, 1.807) is 12.3 Å². The number of nitrogens with one attached hydrogen (secondary N) is 2. The van der Waals surface area contributed by atoms with E-state index in [-0.39, 0.29) is 9.77 Å². The van der Waals surface area contributed by atoms with Crippen LogP contribution in [0.4, 0.5) is 5.82 Å². The van der Waals surface area contributed by atoms with Gasteiger partial charge in [-0.25, -0.2) is 8.42 Å². The molecule has 1 fully saturated rings. The van der Waals surface area contributed by atoms with Crippen molar-refractivity contribution in [2.45, 2.75) is 4.21 Å². The Labute approximate surface area is 165 Å². The Bertz CT molecular complexity index is 1070. The summed E-state index contributed by atoms with van der Waals surface area (Å²) < 4.78 is 32.0. The first-order valence-corrected chi connectivity index (χ1v) is 10.8. The zero-order chi connectivity index (χ0) is 19.6. The second-order valence-corrected chi connectivity index (χ2v) is 9.08. The molecule has 1 aliphatic heterocycles. The van der Waals surface area contributed by atoms with Crippen molar-refractivity contribution >= 4 is 33.1 Å². The number of ether oxygens (including phenoxy) is 1. The van der Waals surface area contributed by atoms with E-state index < -0.39 is 15.9 Å². The quantitative estimate of drug-likeness (QED) is 0.651. The molecule has 0 spiro atoms. The molecule has 146 valence electrons. The fraction of sp³-hybridized carbons (Fsp3) is 0.235. The Balaban J connectivity index is 1.47. The highest BCUT2D eigenvalue weighted by atomic mass is 32.2. The fourth-order valence-corrected chi connectivity index (χ4v) is 5.43. The molecule has 28 heavy (non-hydrogen) atoms. The molecule has 0 aliphatic carbocycles. The van der Waals surface area contributed by atoms with Crippen molar-refractivity contribution in [1.29, 1.82) is 0 Å². The van der Waals surface area contributed by atoms with Crippen molar-refractivity contribution in [3.8, 4) is 11.4 Å². The Hall–Kier alpha value is -2.60. The van der Waals surface area contributed by atoms with Crippen LogP contribution in [0.3, 0.4) is 0 Å². The van der Waals surface area contributed by atoms with Gasteiger partial charge in [0.25, 0.3) is 15.9 Å². The number of amides is 1. The van der Waals surface area contributed by atoms with Crippen LogP contribution in [0.25, 0.3) is 11.4 Å². The van der Waals surface area contributed by atoms with E-state index in [2.05, 4.69) is 20.5 Å². The molecular weight excluding hydrogens is 402 g/mol. The van der Waals surface area contributed by atoms with Gasteiger partial charge < -0.3 is 10.1 Å². The lowest BCUT2D eigenvalue weighted by molar-refractivity contribution is 0.0731. The van der Waals surface area contributed by atoms with Gasteiger partial charge in [-0.2, -0.15) is 9.40 Å². The molecule has 9 nitrogen and oxygen atoms in total. The molecule has 4 rings (SSSR count). The van der Waals surface area contributed by atoms with Crippen LogP contribution in [0.15, 0.2) is 46.1 Å². The first-order chi connectivity index (χ1) is 13.5. The zero-order valence-corrected chi connectivity index (χ0v) is 16.3. The highest BCUT2D eigenvalue weighted by Gasteiger charge is 2.28. The largest absolute Gasteiger partial charge is 0.379 e. The summed E-state index contributed by atoms with van der Waals surface area (Å²) >= 11 is 1.02. The Morgan fingerprint density at radius 2 is 2.07 bits per heavy atom. The third kappa shape index (κ3) is 3.83. The van der Waals surface area contributed by atoms with Crippen LogP contribution < -0.4 is 5.32 Å². The molecular formula is C17H17N5O4S2. The second kappa shape index (κ2) is 7.80. The van der Waals surface area contributed by atoms with E-state index in [0.29, 0.717) is 43.5 Å². The highest BCUT2D eigenvalue weighted by Crippen LogP contribution is 2.25. The van der Waals surface area contributed by atoms with Crippen molar-refractivity contribution in [2.75, 3.05) is 31.6 Å². The van der Waals surface area contributed by atoms with Crippen molar-refractivity contribution in [2.24, 2.45) is 0 Å². The third-order valence-electron chi connectivity index (χ3n) is 4.16. The number of nitrogens with zero attached hydrogens (tertiary/aromatic N) is 3. The van der Waals surface area contributed by atoms with Crippen LogP contribution in [0.2, 0.25) is 0 Å². The molecule has 4 heterocycles. The summed E-state index contributed by atoms with van der Waals surface area (Å²) in [6.45, 7) is 1.36. The number of aromatic amines is 1. The third-order valence-corrected chi connectivity index (χ3v) is 7.48. The van der Waals surface area contributed by atoms with Gasteiger partial charge in [-0.1, -0.05) is 6.07 Å². The van der Waals surface area contributed by atoms with E-state index in [9.17, 15) is 13.2 Å². The molecule has 0 unspecified atom stereocenters. The Morgan fingerprint density at radius 1 is 1.25 bits per heavy atom. The van der Waals surface area contributed by atoms with Crippen molar-refractivity contribution in [3.63, 3.8) is 0 Å². The number of aromatic nitrogens is 3. The SMILES string of the molecule is O=C(Nc1cc(-c2ccccn2)[nH]n1)c1csc(S(=O)(=O)N2CCOCC2)c1. The number of anilines is 1. The van der Waals surface area contributed by atoms with Crippen LogP contribution in [0, 0.1) is 0 Å². The predicted molar refractivity (Wildman–Crippen MR) is 104 cm³/mol. The number of sulfonamides is 1. The van der Waals surface area contributed by atoms with E-state index in [4.69, 9.17) is 4.74 Å². The molecule has 2 N–H and O–H groups in total. The van der Waals surface area contributed by atoms with Gasteiger partial charge in [0.15, 0.2) is 5.82 Å². The summed E-state index contributed by atoms with van der Waals surface area (Å²) in [7, 11) is -3.62. The minimum absolute atomic E-state index is 0.135. The van der Waals surface area contributed by atoms with Crippen LogP contribution in [-0.2, 0) is 14.8 Å². The molecule has 3 aromatic heterocycles. The fourth-order valence-electron chi connectivity index (χ4n) is 2.71. The van der Waals surface area contributed by atoms with Crippen molar-refractivity contribution in [1.82, 2.24) is 19.5 Å². The number of hydrogen-bond donors (Lipinski definition) is 2. The lowest BCUT2D eigenvalue weighted by Gasteiger charge is -2.25. The van der Waals surface area contributed by atoms with Crippen LogP contribution in [-0.4, -0.2) is 60.1 Å². The number of morpholine rings is 1. The van der Waals surface area contributed by atoms with E-state index in [1.165, 1.54) is 15.8 Å². The van der Waals surface area contributed by atoms with E-state index >= 15 is 0 Å². The monoisotopic (exact) mass is 419 g/mol. The van der Waals surface area contributed by atoms with Gasteiger partial charge in [-0.3, -0.25) is 14.9 Å². The maximum Gasteiger partial charge on any atom is 0.257 e. The number of rotatable bonds is 5. The smallest absolute Gasteiger partial charge is 0.257 e. The van der Waals surface area contributed by atoms with Gasteiger partial charge >= 0.3 is 0 Å². The molecule has 1 amide bonds. The zero-order valence-electron chi connectivity index (χ0n) is 14.7. The van der Waals surface area contributed by atoms with Gasteiger partial charge in [0.2, 0.25) is 0 Å². The van der Waals surface area contributed by atoms with Crippen LogP contribution in [0.1, 0.15) is 10.4 Å². The normalized spacial score (nSPS) is 15.4. The van der Waals surface area contributed by atoms with Crippen LogP contribution in [0.5, 0.6) is 0 Å². The van der Waals surface area contributed by atoms with Gasteiger partial charge in [0.05, 0.1) is 30.2 Å². The lowest BCUT2D eigenvalue weighted by atomic mass is 10.2. The highest BCUT2D eigenvalue weighted by molar-refractivity contribution is 7.91. The number of hydrogen-bond acceptors (Lipinski definition) is 7. The molecule has 0 aromatic carbocycles. The molecule has 0 atom stereocenters. The summed E-state index contributed by atoms with van der Waals surface area (Å²) in [5, 5.41) is 11.1. The van der Waals surface area contributed by atoms with Gasteiger partial charge in [0.1, 0.15) is 4.21 Å². The number of pyridine rings is 1. The van der Waals surface area contributed by atoms with Crippen molar-refractivity contribution < 1.29 is 17.9 Å². The maximum absolute atomic E-state index is 12.7. The number of H-pyrrole nitrogens is 1. The van der Waals surface area contributed by atoms with Crippen LogP contribution >= 0.6 is 11.3 Å². The standard InChI is InChI=1S/C17H17N5O4S2/c23-17(19-15-10-14(20-21-15)13-3-1-2-4-18-13)12-9-16(27-11-12)28(24,25)22-5-7-26-8-6-22/h1-4,9-11H,5-8H2,(H2,19,20,21,23). The summed E-state index contributed by atoms with van der Waals surface area (Å²) in [4.78, 5) is 16.7. The minimum atomic E-state index is -3.62.